The van der Waals surface area contributed by atoms with Crippen LogP contribution in [0.1, 0.15) is 31.4 Å². The molecule has 1 aromatic carbocycles. The molecule has 2 aliphatic rings. The Morgan fingerprint density at radius 3 is 2.38 bits per heavy atom. The van der Waals surface area contributed by atoms with Crippen LogP contribution in [0.5, 0.6) is 0 Å². The van der Waals surface area contributed by atoms with Gasteiger partial charge in [0.25, 0.3) is 0 Å². The molecular weight excluding hydrogens is 287 g/mol. The molecule has 2 saturated heterocycles. The number of nitrogens with zero attached hydrogens (tertiary/aromatic N) is 1. The largest absolute Gasteiger partial charge is 0.453 e. The minimum absolute atomic E-state index is 0.143. The Hall–Kier alpha value is -2.05. The van der Waals surface area contributed by atoms with E-state index in [4.69, 9.17) is 4.74 Å². The Morgan fingerprint density at radius 1 is 1.14 bits per heavy atom. The third-order valence-corrected chi connectivity index (χ3v) is 4.06. The zero-order chi connectivity index (χ0) is 15.3. The van der Waals surface area contributed by atoms with Crippen molar-refractivity contribution in [2.24, 2.45) is 0 Å². The summed E-state index contributed by atoms with van der Waals surface area (Å²) in [5.74, 6) is -5.98. The van der Waals surface area contributed by atoms with Gasteiger partial charge in [0.15, 0.2) is 17.5 Å². The Balaban J connectivity index is 2.00. The van der Waals surface area contributed by atoms with Crippen LogP contribution in [-0.2, 0) is 14.3 Å². The number of amides is 1. The van der Waals surface area contributed by atoms with Gasteiger partial charge in [-0.25, -0.2) is 18.0 Å². The number of cyclic esters (lactones) is 1. The summed E-state index contributed by atoms with van der Waals surface area (Å²) in [6.07, 6.45) is 0.503. The first kappa shape index (κ1) is 13.9. The van der Waals surface area contributed by atoms with E-state index in [1.54, 1.807) is 6.92 Å². The Morgan fingerprint density at radius 2 is 1.76 bits per heavy atom. The molecule has 3 atom stereocenters. The molecule has 3 rings (SSSR count). The van der Waals surface area contributed by atoms with Gasteiger partial charge in [-0.15, -0.1) is 0 Å². The van der Waals surface area contributed by atoms with Crippen LogP contribution in [0.4, 0.5) is 13.2 Å². The van der Waals surface area contributed by atoms with Gasteiger partial charge >= 0.3 is 11.9 Å². The highest BCUT2D eigenvalue weighted by Gasteiger charge is 2.48. The third-order valence-electron chi connectivity index (χ3n) is 4.06. The number of morpholine rings is 1. The molecule has 1 amide bonds. The smallest absolute Gasteiger partial charge is 0.397 e. The molecule has 0 spiro atoms. The summed E-state index contributed by atoms with van der Waals surface area (Å²) >= 11 is 0. The lowest BCUT2D eigenvalue weighted by atomic mass is 10.0. The van der Waals surface area contributed by atoms with Crippen LogP contribution in [0.25, 0.3) is 0 Å². The number of hydrogen-bond acceptors (Lipinski definition) is 3. The minimum atomic E-state index is -1.55. The number of carbonyl (C=O) groups excluding carboxylic acids is 2. The van der Waals surface area contributed by atoms with Crippen molar-refractivity contribution in [2.75, 3.05) is 0 Å². The highest BCUT2D eigenvalue weighted by Crippen LogP contribution is 2.40. The molecule has 0 unspecified atom stereocenters. The van der Waals surface area contributed by atoms with Crippen LogP contribution in [0.15, 0.2) is 12.1 Å². The Kier molecular flexibility index (Phi) is 3.15. The molecule has 2 aliphatic heterocycles. The molecule has 7 heteroatoms. The lowest BCUT2D eigenvalue weighted by Gasteiger charge is -2.36. The van der Waals surface area contributed by atoms with Crippen LogP contribution in [0.2, 0.25) is 0 Å². The van der Waals surface area contributed by atoms with E-state index in [0.29, 0.717) is 12.8 Å². The molecule has 1 aromatic rings. The SMILES string of the molecule is C[C@H]1OC(=O)C(=O)N2[C@@H]1CC[C@H]2c1cc(F)c(F)c(F)c1. The van der Waals surface area contributed by atoms with Crippen molar-refractivity contribution in [3.63, 3.8) is 0 Å². The average Bonchev–Trinajstić information content (AvgIpc) is 2.87. The highest BCUT2D eigenvalue weighted by atomic mass is 19.2. The van der Waals surface area contributed by atoms with E-state index in [0.717, 1.165) is 12.1 Å². The van der Waals surface area contributed by atoms with Gasteiger partial charge in [-0.05, 0) is 37.5 Å². The topological polar surface area (TPSA) is 46.6 Å². The molecule has 0 N–H and O–H groups in total. The van der Waals surface area contributed by atoms with E-state index in [1.807, 2.05) is 0 Å². The van der Waals surface area contributed by atoms with E-state index >= 15 is 0 Å². The molecular formula is C14H12F3NO3. The number of fused-ring (bicyclic) bond motifs is 1. The van der Waals surface area contributed by atoms with Gasteiger partial charge < -0.3 is 9.64 Å². The first-order chi connectivity index (χ1) is 9.90. The van der Waals surface area contributed by atoms with E-state index in [9.17, 15) is 22.8 Å². The van der Waals surface area contributed by atoms with Crippen molar-refractivity contribution in [1.29, 1.82) is 0 Å². The van der Waals surface area contributed by atoms with Crippen molar-refractivity contribution < 1.29 is 27.5 Å². The zero-order valence-corrected chi connectivity index (χ0v) is 11.1. The van der Waals surface area contributed by atoms with E-state index in [1.165, 1.54) is 4.90 Å². The lowest BCUT2D eigenvalue weighted by Crippen LogP contribution is -2.53. The molecule has 0 radical (unpaired) electrons. The summed E-state index contributed by atoms with van der Waals surface area (Å²) in [6, 6.07) is 0.756. The number of esters is 1. The number of rotatable bonds is 1. The number of carbonyl (C=O) groups is 2. The second-order valence-corrected chi connectivity index (χ2v) is 5.28. The molecule has 0 bridgehead atoms. The summed E-state index contributed by atoms with van der Waals surface area (Å²) in [6.45, 7) is 1.66. The molecule has 21 heavy (non-hydrogen) atoms. The van der Waals surface area contributed by atoms with Gasteiger partial charge in [-0.1, -0.05) is 0 Å². The van der Waals surface area contributed by atoms with Crippen molar-refractivity contribution in [1.82, 2.24) is 4.90 Å². The maximum Gasteiger partial charge on any atom is 0.397 e. The van der Waals surface area contributed by atoms with Crippen molar-refractivity contribution in [3.05, 3.63) is 35.1 Å². The van der Waals surface area contributed by atoms with Crippen molar-refractivity contribution in [3.8, 4) is 0 Å². The van der Waals surface area contributed by atoms with Crippen LogP contribution < -0.4 is 0 Å². The quantitative estimate of drug-likeness (QED) is 0.453. The van der Waals surface area contributed by atoms with Gasteiger partial charge in [-0.2, -0.15) is 0 Å². The Labute approximate surface area is 118 Å². The first-order valence-electron chi connectivity index (χ1n) is 6.58. The van der Waals surface area contributed by atoms with E-state index in [-0.39, 0.29) is 11.6 Å². The van der Waals surface area contributed by atoms with E-state index in [2.05, 4.69) is 0 Å². The van der Waals surface area contributed by atoms with Crippen molar-refractivity contribution in [2.45, 2.75) is 38.0 Å². The van der Waals surface area contributed by atoms with Crippen LogP contribution in [0, 0.1) is 17.5 Å². The predicted octanol–water partition coefficient (Wildman–Crippen LogP) is 2.08. The summed E-state index contributed by atoms with van der Waals surface area (Å²) in [7, 11) is 0. The standard InChI is InChI=1S/C14H12F3NO3/c1-6-10-2-3-11(18(10)13(19)14(20)21-6)7-4-8(15)12(17)9(16)5-7/h4-6,10-11H,2-3H2,1H3/t6-,10-,11+/m1/s1. The monoisotopic (exact) mass is 299 g/mol. The predicted molar refractivity (Wildman–Crippen MR) is 64.5 cm³/mol. The van der Waals surface area contributed by atoms with Crippen LogP contribution in [-0.4, -0.2) is 28.9 Å². The van der Waals surface area contributed by atoms with Gasteiger partial charge in [0.2, 0.25) is 0 Å². The summed E-state index contributed by atoms with van der Waals surface area (Å²) in [4.78, 5) is 24.7. The molecule has 0 aromatic heterocycles. The van der Waals surface area contributed by atoms with Gasteiger partial charge in [0.05, 0.1) is 12.1 Å². The normalized spacial score (nSPS) is 28.6. The van der Waals surface area contributed by atoms with Gasteiger partial charge in [-0.3, -0.25) is 4.79 Å². The number of hydrogen-bond donors (Lipinski definition) is 0. The van der Waals surface area contributed by atoms with Crippen LogP contribution >= 0.6 is 0 Å². The fourth-order valence-corrected chi connectivity index (χ4v) is 3.09. The second-order valence-electron chi connectivity index (χ2n) is 5.28. The molecule has 2 fully saturated rings. The summed E-state index contributed by atoms with van der Waals surface area (Å²) in [5, 5.41) is 0. The Bertz CT molecular complexity index is 611. The number of halogens is 3. The lowest BCUT2D eigenvalue weighted by molar-refractivity contribution is -0.176. The molecule has 2 heterocycles. The zero-order valence-electron chi connectivity index (χ0n) is 11.1. The third kappa shape index (κ3) is 2.07. The fraction of sp³-hybridized carbons (Fsp3) is 0.429. The number of ether oxygens (including phenoxy) is 1. The maximum atomic E-state index is 13.4. The maximum absolute atomic E-state index is 13.4. The highest BCUT2D eigenvalue weighted by molar-refractivity contribution is 6.33. The molecule has 4 nitrogen and oxygen atoms in total. The van der Waals surface area contributed by atoms with Gasteiger partial charge in [0, 0.05) is 0 Å². The first-order valence-corrected chi connectivity index (χ1v) is 6.58. The van der Waals surface area contributed by atoms with E-state index < -0.39 is 41.5 Å². The number of benzene rings is 1. The summed E-state index contributed by atoms with van der Waals surface area (Å²) < 4.78 is 44.7. The second kappa shape index (κ2) is 4.75. The molecule has 0 saturated carbocycles. The van der Waals surface area contributed by atoms with Crippen molar-refractivity contribution >= 4 is 11.9 Å². The minimum Gasteiger partial charge on any atom is -0.453 e. The molecule has 112 valence electrons. The van der Waals surface area contributed by atoms with Crippen LogP contribution in [0.3, 0.4) is 0 Å². The average molecular weight is 299 g/mol. The summed E-state index contributed by atoms with van der Waals surface area (Å²) in [5.41, 5.74) is 0.143. The fourth-order valence-electron chi connectivity index (χ4n) is 3.09. The molecule has 0 aliphatic carbocycles. The van der Waals surface area contributed by atoms with Gasteiger partial charge in [0.1, 0.15) is 6.10 Å².